The number of nitrogens with zero attached hydrogens (tertiary/aromatic N) is 1. The molecule has 0 radical (unpaired) electrons. The number of hydrogen-bond acceptors (Lipinski definition) is 4. The van der Waals surface area contributed by atoms with Crippen LogP contribution in [-0.2, 0) is 16.0 Å². The Morgan fingerprint density at radius 2 is 1.79 bits per heavy atom. The van der Waals surface area contributed by atoms with Crippen LogP contribution in [0, 0.1) is 0 Å². The maximum atomic E-state index is 12.2. The maximum Gasteiger partial charge on any atom is 0.243 e. The molecule has 2 N–H and O–H groups in total. The van der Waals surface area contributed by atoms with Crippen molar-refractivity contribution in [2.75, 3.05) is 31.3 Å². The number of benzene rings is 2. The Balaban J connectivity index is 1.80. The smallest absolute Gasteiger partial charge is 0.243 e. The molecule has 2 aromatic carbocycles. The lowest BCUT2D eigenvalue weighted by molar-refractivity contribution is -0.128. The van der Waals surface area contributed by atoms with Gasteiger partial charge in [-0.1, -0.05) is 25.1 Å². The standard InChI is InChI=1S/C23H31N3O3/c1-5-17(2)29-21-8-6-7-20(15-21)24-16-22(27)25-19-12-9-18(10-13-19)11-14-23(28)26(3)4/h6-10,12-13,15,17,24H,5,11,14,16H2,1-4H3,(H,25,27). The van der Waals surface area contributed by atoms with Gasteiger partial charge < -0.3 is 20.3 Å². The van der Waals surface area contributed by atoms with E-state index < -0.39 is 0 Å². The lowest BCUT2D eigenvalue weighted by Crippen LogP contribution is -2.22. The lowest BCUT2D eigenvalue weighted by atomic mass is 10.1. The maximum absolute atomic E-state index is 12.2. The Labute approximate surface area is 173 Å². The average molecular weight is 398 g/mol. The number of nitrogens with one attached hydrogen (secondary N) is 2. The summed E-state index contributed by atoms with van der Waals surface area (Å²) in [4.78, 5) is 25.5. The zero-order valence-corrected chi connectivity index (χ0v) is 17.7. The van der Waals surface area contributed by atoms with E-state index in [1.54, 1.807) is 19.0 Å². The number of ether oxygens (including phenoxy) is 1. The fourth-order valence-corrected chi connectivity index (χ4v) is 2.61. The highest BCUT2D eigenvalue weighted by molar-refractivity contribution is 5.93. The highest BCUT2D eigenvalue weighted by atomic mass is 16.5. The molecule has 0 saturated carbocycles. The van der Waals surface area contributed by atoms with Gasteiger partial charge in [-0.25, -0.2) is 0 Å². The summed E-state index contributed by atoms with van der Waals surface area (Å²) in [7, 11) is 3.51. The highest BCUT2D eigenvalue weighted by Gasteiger charge is 2.07. The van der Waals surface area contributed by atoms with Crippen molar-refractivity contribution in [1.82, 2.24) is 4.90 Å². The third kappa shape index (κ3) is 7.86. The van der Waals surface area contributed by atoms with E-state index in [0.29, 0.717) is 12.8 Å². The number of rotatable bonds is 10. The molecule has 2 rings (SSSR count). The van der Waals surface area contributed by atoms with Crippen LogP contribution in [0.25, 0.3) is 0 Å². The molecule has 0 fully saturated rings. The van der Waals surface area contributed by atoms with Crippen LogP contribution in [0.5, 0.6) is 5.75 Å². The summed E-state index contributed by atoms with van der Waals surface area (Å²) >= 11 is 0. The van der Waals surface area contributed by atoms with Crippen molar-refractivity contribution < 1.29 is 14.3 Å². The largest absolute Gasteiger partial charge is 0.491 e. The molecular weight excluding hydrogens is 366 g/mol. The third-order valence-electron chi connectivity index (χ3n) is 4.56. The van der Waals surface area contributed by atoms with E-state index in [0.717, 1.165) is 29.1 Å². The van der Waals surface area contributed by atoms with Crippen LogP contribution in [-0.4, -0.2) is 43.5 Å². The van der Waals surface area contributed by atoms with E-state index in [2.05, 4.69) is 17.6 Å². The highest BCUT2D eigenvalue weighted by Crippen LogP contribution is 2.19. The number of anilines is 2. The molecule has 156 valence electrons. The van der Waals surface area contributed by atoms with Crippen molar-refractivity contribution in [1.29, 1.82) is 0 Å². The van der Waals surface area contributed by atoms with E-state index in [9.17, 15) is 9.59 Å². The van der Waals surface area contributed by atoms with Gasteiger partial charge in [0.05, 0.1) is 12.6 Å². The average Bonchev–Trinajstić information content (AvgIpc) is 2.71. The zero-order valence-electron chi connectivity index (χ0n) is 17.7. The molecule has 0 saturated heterocycles. The quantitative estimate of drug-likeness (QED) is 0.637. The van der Waals surface area contributed by atoms with Gasteiger partial charge in [-0.15, -0.1) is 0 Å². The predicted molar refractivity (Wildman–Crippen MR) is 117 cm³/mol. The molecule has 0 aliphatic carbocycles. The summed E-state index contributed by atoms with van der Waals surface area (Å²) in [6.45, 7) is 4.26. The van der Waals surface area contributed by atoms with Gasteiger partial charge in [0.25, 0.3) is 0 Å². The molecule has 0 aromatic heterocycles. The molecule has 1 unspecified atom stereocenters. The van der Waals surface area contributed by atoms with E-state index >= 15 is 0 Å². The molecule has 0 aliphatic heterocycles. The number of amides is 2. The number of carbonyl (C=O) groups is 2. The van der Waals surface area contributed by atoms with Crippen LogP contribution in [0.1, 0.15) is 32.3 Å². The Kier molecular flexibility index (Phi) is 8.52. The second kappa shape index (κ2) is 11.1. The molecule has 2 amide bonds. The van der Waals surface area contributed by atoms with Gasteiger partial charge in [0, 0.05) is 38.0 Å². The van der Waals surface area contributed by atoms with Gasteiger partial charge in [-0.2, -0.15) is 0 Å². The summed E-state index contributed by atoms with van der Waals surface area (Å²) in [5.41, 5.74) is 2.63. The van der Waals surface area contributed by atoms with Crippen molar-refractivity contribution in [3.05, 3.63) is 54.1 Å². The van der Waals surface area contributed by atoms with Crippen LogP contribution in [0.3, 0.4) is 0 Å². The summed E-state index contributed by atoms with van der Waals surface area (Å²) in [5, 5.41) is 5.99. The van der Waals surface area contributed by atoms with Crippen molar-refractivity contribution in [3.63, 3.8) is 0 Å². The molecule has 2 aromatic rings. The fraction of sp³-hybridized carbons (Fsp3) is 0.391. The van der Waals surface area contributed by atoms with Gasteiger partial charge in [0.2, 0.25) is 11.8 Å². The second-order valence-electron chi connectivity index (χ2n) is 7.25. The van der Waals surface area contributed by atoms with Gasteiger partial charge in [0.15, 0.2) is 0 Å². The van der Waals surface area contributed by atoms with Crippen molar-refractivity contribution in [3.8, 4) is 5.75 Å². The summed E-state index contributed by atoms with van der Waals surface area (Å²) < 4.78 is 5.80. The Morgan fingerprint density at radius 3 is 2.45 bits per heavy atom. The normalized spacial score (nSPS) is 11.4. The molecule has 0 aliphatic rings. The first-order valence-corrected chi connectivity index (χ1v) is 9.97. The Bertz CT molecular complexity index is 803. The minimum Gasteiger partial charge on any atom is -0.491 e. The second-order valence-corrected chi connectivity index (χ2v) is 7.25. The Morgan fingerprint density at radius 1 is 1.07 bits per heavy atom. The van der Waals surface area contributed by atoms with Crippen LogP contribution >= 0.6 is 0 Å². The van der Waals surface area contributed by atoms with Gasteiger partial charge in [-0.05, 0) is 49.6 Å². The minimum absolute atomic E-state index is 0.104. The van der Waals surface area contributed by atoms with Crippen LogP contribution in [0.15, 0.2) is 48.5 Å². The number of hydrogen-bond donors (Lipinski definition) is 2. The molecule has 6 heteroatoms. The van der Waals surface area contributed by atoms with Gasteiger partial charge >= 0.3 is 0 Å². The van der Waals surface area contributed by atoms with E-state index in [1.807, 2.05) is 55.5 Å². The Hall–Kier alpha value is -3.02. The number of carbonyl (C=O) groups excluding carboxylic acids is 2. The first-order chi connectivity index (χ1) is 13.9. The van der Waals surface area contributed by atoms with Crippen molar-refractivity contribution in [2.45, 2.75) is 39.2 Å². The molecule has 6 nitrogen and oxygen atoms in total. The molecule has 1 atom stereocenters. The van der Waals surface area contributed by atoms with Crippen LogP contribution in [0.2, 0.25) is 0 Å². The first kappa shape index (κ1) is 22.3. The van der Waals surface area contributed by atoms with Crippen LogP contribution in [0.4, 0.5) is 11.4 Å². The summed E-state index contributed by atoms with van der Waals surface area (Å²) in [6.07, 6.45) is 2.24. The molecule has 0 bridgehead atoms. The minimum atomic E-state index is -0.131. The SMILES string of the molecule is CCC(C)Oc1cccc(NCC(=O)Nc2ccc(CCC(=O)N(C)C)cc2)c1. The molecular formula is C23H31N3O3. The van der Waals surface area contributed by atoms with Crippen molar-refractivity contribution in [2.24, 2.45) is 0 Å². The van der Waals surface area contributed by atoms with E-state index in [-0.39, 0.29) is 24.5 Å². The third-order valence-corrected chi connectivity index (χ3v) is 4.56. The molecule has 0 spiro atoms. The molecule has 29 heavy (non-hydrogen) atoms. The van der Waals surface area contributed by atoms with Gasteiger partial charge in [0.1, 0.15) is 5.75 Å². The van der Waals surface area contributed by atoms with Crippen molar-refractivity contribution >= 4 is 23.2 Å². The zero-order chi connectivity index (χ0) is 21.2. The van der Waals surface area contributed by atoms with E-state index in [4.69, 9.17) is 4.74 Å². The topological polar surface area (TPSA) is 70.7 Å². The summed E-state index contributed by atoms with van der Waals surface area (Å²) in [5.74, 6) is 0.758. The number of aryl methyl sites for hydroxylation is 1. The fourth-order valence-electron chi connectivity index (χ4n) is 2.61. The predicted octanol–water partition coefficient (Wildman–Crippen LogP) is 3.94. The van der Waals surface area contributed by atoms with E-state index in [1.165, 1.54) is 0 Å². The van der Waals surface area contributed by atoms with Gasteiger partial charge in [-0.3, -0.25) is 9.59 Å². The lowest BCUT2D eigenvalue weighted by Gasteiger charge is -2.14. The monoisotopic (exact) mass is 397 g/mol. The summed E-state index contributed by atoms with van der Waals surface area (Å²) in [6, 6.07) is 15.2. The molecule has 0 heterocycles. The van der Waals surface area contributed by atoms with Crippen LogP contribution < -0.4 is 15.4 Å². The first-order valence-electron chi connectivity index (χ1n) is 9.97.